The van der Waals surface area contributed by atoms with Crippen molar-refractivity contribution in [1.82, 2.24) is 9.03 Å². The second-order valence-electron chi connectivity index (χ2n) is 5.59. The molecule has 8 heteroatoms. The minimum absolute atomic E-state index is 0.106. The van der Waals surface area contributed by atoms with Crippen LogP contribution in [0, 0.1) is 0 Å². The first-order valence-electron chi connectivity index (χ1n) is 7.23. The third-order valence-corrected chi connectivity index (χ3v) is 5.11. The van der Waals surface area contributed by atoms with Crippen molar-refractivity contribution < 1.29 is 22.6 Å². The molecule has 0 spiro atoms. The molecule has 0 unspecified atom stereocenters. The third kappa shape index (κ3) is 3.35. The smallest absolute Gasteiger partial charge is 0.279 e. The van der Waals surface area contributed by atoms with Gasteiger partial charge in [-0.3, -0.25) is 0 Å². The minimum Gasteiger partial charge on any atom is -0.454 e. The predicted molar refractivity (Wildman–Crippen MR) is 79.9 cm³/mol. The van der Waals surface area contributed by atoms with Gasteiger partial charge in [0.1, 0.15) is 0 Å². The van der Waals surface area contributed by atoms with Gasteiger partial charge in [0.2, 0.25) is 6.79 Å². The zero-order valence-corrected chi connectivity index (χ0v) is 13.4. The lowest BCUT2D eigenvalue weighted by Gasteiger charge is -2.34. The largest absolute Gasteiger partial charge is 0.454 e. The zero-order valence-electron chi connectivity index (χ0n) is 12.6. The van der Waals surface area contributed by atoms with Gasteiger partial charge in [-0.25, -0.2) is 0 Å². The molecular weight excluding hydrogens is 308 g/mol. The van der Waals surface area contributed by atoms with E-state index in [9.17, 15) is 8.42 Å². The van der Waals surface area contributed by atoms with Crippen molar-refractivity contribution >= 4 is 10.2 Å². The second-order valence-corrected chi connectivity index (χ2v) is 7.34. The summed E-state index contributed by atoms with van der Waals surface area (Å²) in [6.07, 6.45) is -0.211. The summed E-state index contributed by atoms with van der Waals surface area (Å²) in [5, 5.41) is 0. The highest BCUT2D eigenvalue weighted by molar-refractivity contribution is 7.87. The lowest BCUT2D eigenvalue weighted by atomic mass is 10.2. The quantitative estimate of drug-likeness (QED) is 0.887. The maximum Gasteiger partial charge on any atom is 0.279 e. The standard InChI is InChI=1S/C14H20N2O5S/c1-10-7-16(8-11(2)21-10)22(17,18)15-6-12-3-4-13-14(5-12)20-9-19-13/h3-5,10-11,15H,6-9H2,1-2H3/t10-,11-/m0/s1. The Morgan fingerprint density at radius 3 is 2.59 bits per heavy atom. The van der Waals surface area contributed by atoms with E-state index in [1.165, 1.54) is 4.31 Å². The van der Waals surface area contributed by atoms with Crippen LogP contribution < -0.4 is 14.2 Å². The van der Waals surface area contributed by atoms with E-state index in [-0.39, 0.29) is 25.5 Å². The number of morpholine rings is 1. The topological polar surface area (TPSA) is 77.1 Å². The Kier molecular flexibility index (Phi) is 4.26. The molecule has 2 aliphatic rings. The molecule has 0 bridgehead atoms. The van der Waals surface area contributed by atoms with Crippen molar-refractivity contribution in [3.05, 3.63) is 23.8 Å². The SMILES string of the molecule is C[C@H]1CN(S(=O)(=O)NCc2ccc3c(c2)OCO3)C[C@H](C)O1. The lowest BCUT2D eigenvalue weighted by molar-refractivity contribution is -0.0444. The molecule has 1 saturated heterocycles. The van der Waals surface area contributed by atoms with Crippen molar-refractivity contribution in [1.29, 1.82) is 0 Å². The Bertz CT molecular complexity index is 639. The van der Waals surface area contributed by atoms with Crippen LogP contribution in [-0.2, 0) is 21.5 Å². The van der Waals surface area contributed by atoms with E-state index < -0.39 is 10.2 Å². The van der Waals surface area contributed by atoms with E-state index in [0.29, 0.717) is 24.6 Å². The highest BCUT2D eigenvalue weighted by Crippen LogP contribution is 2.32. The van der Waals surface area contributed by atoms with Gasteiger partial charge in [-0.2, -0.15) is 17.4 Å². The van der Waals surface area contributed by atoms with Crippen LogP contribution in [0.4, 0.5) is 0 Å². The molecule has 0 amide bonds. The zero-order chi connectivity index (χ0) is 15.7. The van der Waals surface area contributed by atoms with Gasteiger partial charge in [0, 0.05) is 19.6 Å². The number of ether oxygens (including phenoxy) is 3. The first-order chi connectivity index (χ1) is 10.4. The van der Waals surface area contributed by atoms with Gasteiger partial charge in [-0.15, -0.1) is 0 Å². The maximum atomic E-state index is 12.4. The molecule has 2 heterocycles. The van der Waals surface area contributed by atoms with Crippen LogP contribution in [0.15, 0.2) is 18.2 Å². The van der Waals surface area contributed by atoms with Gasteiger partial charge in [0.25, 0.3) is 10.2 Å². The van der Waals surface area contributed by atoms with Gasteiger partial charge < -0.3 is 14.2 Å². The first kappa shape index (κ1) is 15.5. The molecule has 2 atom stereocenters. The Hall–Kier alpha value is -1.35. The van der Waals surface area contributed by atoms with Crippen molar-refractivity contribution in [2.45, 2.75) is 32.6 Å². The molecule has 0 saturated carbocycles. The Balaban J connectivity index is 1.64. The van der Waals surface area contributed by atoms with Gasteiger partial charge in [-0.1, -0.05) is 6.07 Å². The van der Waals surface area contributed by atoms with Crippen LogP contribution in [0.5, 0.6) is 11.5 Å². The Morgan fingerprint density at radius 1 is 1.18 bits per heavy atom. The summed E-state index contributed by atoms with van der Waals surface area (Å²) in [7, 11) is -3.53. The summed E-state index contributed by atoms with van der Waals surface area (Å²) in [5.41, 5.74) is 0.821. The monoisotopic (exact) mass is 328 g/mol. The van der Waals surface area contributed by atoms with Crippen LogP contribution in [-0.4, -0.2) is 44.8 Å². The fraction of sp³-hybridized carbons (Fsp3) is 0.571. The fourth-order valence-electron chi connectivity index (χ4n) is 2.64. The summed E-state index contributed by atoms with van der Waals surface area (Å²) in [6, 6.07) is 5.39. The number of rotatable bonds is 4. The average molecular weight is 328 g/mol. The van der Waals surface area contributed by atoms with Crippen LogP contribution in [0.2, 0.25) is 0 Å². The number of nitrogens with one attached hydrogen (secondary N) is 1. The van der Waals surface area contributed by atoms with Crippen molar-refractivity contribution in [2.24, 2.45) is 0 Å². The summed E-state index contributed by atoms with van der Waals surface area (Å²) in [6.45, 7) is 4.88. The number of hydrogen-bond donors (Lipinski definition) is 1. The second kappa shape index (κ2) is 6.04. The first-order valence-corrected chi connectivity index (χ1v) is 8.67. The molecule has 1 N–H and O–H groups in total. The number of nitrogens with zero attached hydrogens (tertiary/aromatic N) is 1. The molecule has 0 aliphatic carbocycles. The van der Waals surface area contributed by atoms with E-state index in [1.54, 1.807) is 12.1 Å². The van der Waals surface area contributed by atoms with E-state index in [4.69, 9.17) is 14.2 Å². The van der Waals surface area contributed by atoms with Gasteiger partial charge in [0.15, 0.2) is 11.5 Å². The van der Waals surface area contributed by atoms with Crippen molar-refractivity contribution in [3.63, 3.8) is 0 Å². The molecule has 1 aromatic rings. The number of fused-ring (bicyclic) bond motifs is 1. The molecule has 0 aromatic heterocycles. The minimum atomic E-state index is -3.53. The number of benzene rings is 1. The molecule has 7 nitrogen and oxygen atoms in total. The van der Waals surface area contributed by atoms with Crippen LogP contribution in [0.25, 0.3) is 0 Å². The highest BCUT2D eigenvalue weighted by Gasteiger charge is 2.30. The molecule has 2 aliphatic heterocycles. The van der Waals surface area contributed by atoms with E-state index in [1.807, 2.05) is 19.9 Å². The van der Waals surface area contributed by atoms with E-state index >= 15 is 0 Å². The molecular formula is C14H20N2O5S. The van der Waals surface area contributed by atoms with Crippen molar-refractivity contribution in [3.8, 4) is 11.5 Å². The molecule has 0 radical (unpaired) electrons. The van der Waals surface area contributed by atoms with E-state index in [0.717, 1.165) is 5.56 Å². The van der Waals surface area contributed by atoms with Crippen LogP contribution >= 0.6 is 0 Å². The normalized spacial score (nSPS) is 25.4. The molecule has 122 valence electrons. The molecule has 1 fully saturated rings. The fourth-order valence-corrected chi connectivity index (χ4v) is 3.99. The van der Waals surface area contributed by atoms with Gasteiger partial charge in [0.05, 0.1) is 12.2 Å². The Morgan fingerprint density at radius 2 is 1.86 bits per heavy atom. The molecule has 22 heavy (non-hydrogen) atoms. The lowest BCUT2D eigenvalue weighted by Crippen LogP contribution is -2.51. The summed E-state index contributed by atoms with van der Waals surface area (Å²) in [4.78, 5) is 0. The molecule has 3 rings (SSSR count). The Labute approximate surface area is 130 Å². The third-order valence-electron chi connectivity index (χ3n) is 3.62. The number of hydrogen-bond acceptors (Lipinski definition) is 5. The maximum absolute atomic E-state index is 12.4. The van der Waals surface area contributed by atoms with Crippen LogP contribution in [0.1, 0.15) is 19.4 Å². The summed E-state index contributed by atoms with van der Waals surface area (Å²) in [5.74, 6) is 1.33. The van der Waals surface area contributed by atoms with Gasteiger partial charge in [-0.05, 0) is 31.5 Å². The summed E-state index contributed by atoms with van der Waals surface area (Å²) < 4.78 is 44.9. The van der Waals surface area contributed by atoms with E-state index in [2.05, 4.69) is 4.72 Å². The predicted octanol–water partition coefficient (Wildman–Crippen LogP) is 0.859. The molecule has 1 aromatic carbocycles. The highest BCUT2D eigenvalue weighted by atomic mass is 32.2. The summed E-state index contributed by atoms with van der Waals surface area (Å²) >= 11 is 0. The van der Waals surface area contributed by atoms with Crippen molar-refractivity contribution in [2.75, 3.05) is 19.9 Å². The van der Waals surface area contributed by atoms with Crippen LogP contribution in [0.3, 0.4) is 0 Å². The van der Waals surface area contributed by atoms with Gasteiger partial charge >= 0.3 is 0 Å². The average Bonchev–Trinajstić information content (AvgIpc) is 2.91.